The van der Waals surface area contributed by atoms with Crippen LogP contribution in [0.25, 0.3) is 42.8 Å². The Kier molecular flexibility index (Phi) is 3.67. The van der Waals surface area contributed by atoms with Crippen LogP contribution in [0.5, 0.6) is 0 Å². The third kappa shape index (κ3) is 2.18. The smallest absolute Gasteiger partial charge is 0.0487 e. The summed E-state index contributed by atoms with van der Waals surface area (Å²) >= 11 is 3.71. The molecule has 0 N–H and O–H groups in total. The van der Waals surface area contributed by atoms with Gasteiger partial charge in [-0.3, -0.25) is 0 Å². The van der Waals surface area contributed by atoms with E-state index in [0.29, 0.717) is 0 Å². The van der Waals surface area contributed by atoms with E-state index in [1.165, 1.54) is 52.2 Å². The fraction of sp³-hybridized carbons (Fsp3) is 0.0909. The van der Waals surface area contributed by atoms with Crippen LogP contribution in [-0.4, -0.2) is 0 Å². The van der Waals surface area contributed by atoms with Crippen molar-refractivity contribution in [1.29, 1.82) is 0 Å². The van der Waals surface area contributed by atoms with Gasteiger partial charge in [0.2, 0.25) is 0 Å². The molecule has 4 aromatic rings. The van der Waals surface area contributed by atoms with Crippen molar-refractivity contribution in [3.05, 3.63) is 71.1 Å². The second-order valence-corrected chi connectivity index (χ2v) is 8.10. The first-order valence-corrected chi connectivity index (χ1v) is 9.58. The van der Waals surface area contributed by atoms with Gasteiger partial charge in [-0.05, 0) is 58.8 Å². The molecule has 2 aromatic carbocycles. The lowest BCUT2D eigenvalue weighted by Crippen LogP contribution is -1.78. The summed E-state index contributed by atoms with van der Waals surface area (Å²) in [5.41, 5.74) is 3.90. The molecular formula is C22H18S2. The number of thiophene rings is 2. The summed E-state index contributed by atoms with van der Waals surface area (Å²) in [5, 5.41) is 3.97. The Morgan fingerprint density at radius 3 is 2.12 bits per heavy atom. The van der Waals surface area contributed by atoms with Gasteiger partial charge in [0.05, 0.1) is 0 Å². The molecule has 0 spiro atoms. The molecule has 0 aliphatic heterocycles. The Morgan fingerprint density at radius 1 is 0.833 bits per heavy atom. The van der Waals surface area contributed by atoms with Crippen molar-refractivity contribution in [2.45, 2.75) is 13.8 Å². The van der Waals surface area contributed by atoms with Gasteiger partial charge in [0.1, 0.15) is 0 Å². The van der Waals surface area contributed by atoms with Crippen LogP contribution in [0.15, 0.2) is 49.6 Å². The highest BCUT2D eigenvalue weighted by Gasteiger charge is 2.18. The van der Waals surface area contributed by atoms with Crippen LogP contribution in [-0.2, 0) is 0 Å². The van der Waals surface area contributed by atoms with Crippen LogP contribution in [0.2, 0.25) is 0 Å². The minimum absolute atomic E-state index is 1.21. The molecule has 2 heteroatoms. The molecule has 24 heavy (non-hydrogen) atoms. The molecule has 0 fully saturated rings. The van der Waals surface area contributed by atoms with Crippen molar-refractivity contribution < 1.29 is 0 Å². The molecule has 0 aliphatic rings. The van der Waals surface area contributed by atoms with Gasteiger partial charge in [0.25, 0.3) is 0 Å². The Bertz CT molecular complexity index is 1110. The number of fused-ring (bicyclic) bond motifs is 2. The summed E-state index contributed by atoms with van der Waals surface area (Å²) in [6.45, 7) is 12.4. The van der Waals surface area contributed by atoms with E-state index in [2.05, 4.69) is 63.4 Å². The van der Waals surface area contributed by atoms with Crippen molar-refractivity contribution in [2.24, 2.45) is 0 Å². The van der Waals surface area contributed by atoms with Gasteiger partial charge in [-0.25, -0.2) is 0 Å². The van der Waals surface area contributed by atoms with E-state index in [4.69, 9.17) is 0 Å². The zero-order valence-electron chi connectivity index (χ0n) is 13.8. The van der Waals surface area contributed by atoms with Gasteiger partial charge >= 0.3 is 0 Å². The number of rotatable bonds is 3. The lowest BCUT2D eigenvalue weighted by molar-refractivity contribution is 1.50. The van der Waals surface area contributed by atoms with E-state index in [1.54, 1.807) is 0 Å². The standard InChI is InChI=1S/C22H18S2/c1-5-17-13(3)21(23-19(17)6-2)22-14(4)18-11-15-9-7-8-10-16(15)12-20(18)24-22/h5-12H,1-2H2,3-4H3. The number of hydrogen-bond acceptors (Lipinski definition) is 2. The van der Waals surface area contributed by atoms with Crippen molar-refractivity contribution in [3.8, 4) is 9.75 Å². The Morgan fingerprint density at radius 2 is 1.50 bits per heavy atom. The van der Waals surface area contributed by atoms with Gasteiger partial charge in [-0.2, -0.15) is 0 Å². The van der Waals surface area contributed by atoms with E-state index >= 15 is 0 Å². The summed E-state index contributed by atoms with van der Waals surface area (Å²) in [5.74, 6) is 0. The monoisotopic (exact) mass is 346 g/mol. The molecule has 4 rings (SSSR count). The third-order valence-corrected chi connectivity index (χ3v) is 7.34. The molecule has 0 nitrogen and oxygen atoms in total. The first-order valence-electron chi connectivity index (χ1n) is 7.94. The van der Waals surface area contributed by atoms with E-state index < -0.39 is 0 Å². The third-order valence-electron chi connectivity index (χ3n) is 4.62. The highest BCUT2D eigenvalue weighted by molar-refractivity contribution is 7.26. The maximum Gasteiger partial charge on any atom is 0.0487 e. The second-order valence-electron chi connectivity index (χ2n) is 5.99. The summed E-state index contributed by atoms with van der Waals surface area (Å²) in [6.07, 6.45) is 3.89. The molecule has 0 saturated heterocycles. The number of aryl methyl sites for hydroxylation is 1. The predicted octanol–water partition coefficient (Wildman–Crippen LogP) is 7.69. The lowest BCUT2D eigenvalue weighted by Gasteiger charge is -2.00. The zero-order valence-corrected chi connectivity index (χ0v) is 15.5. The van der Waals surface area contributed by atoms with Crippen LogP contribution in [0, 0.1) is 13.8 Å². The first kappa shape index (κ1) is 15.4. The van der Waals surface area contributed by atoms with Crippen LogP contribution in [0.1, 0.15) is 21.6 Å². The van der Waals surface area contributed by atoms with Crippen molar-refractivity contribution in [1.82, 2.24) is 0 Å². The quantitative estimate of drug-likeness (QED) is 0.357. The van der Waals surface area contributed by atoms with Crippen LogP contribution < -0.4 is 0 Å². The molecule has 118 valence electrons. The molecule has 0 saturated carbocycles. The van der Waals surface area contributed by atoms with Gasteiger partial charge < -0.3 is 0 Å². The average molecular weight is 347 g/mol. The van der Waals surface area contributed by atoms with Gasteiger partial charge in [-0.15, -0.1) is 22.7 Å². The molecular weight excluding hydrogens is 328 g/mol. The molecule has 0 bridgehead atoms. The van der Waals surface area contributed by atoms with Gasteiger partial charge in [0.15, 0.2) is 0 Å². The summed E-state index contributed by atoms with van der Waals surface area (Å²) < 4.78 is 1.36. The van der Waals surface area contributed by atoms with Crippen molar-refractivity contribution in [2.75, 3.05) is 0 Å². The lowest BCUT2D eigenvalue weighted by atomic mass is 10.0. The van der Waals surface area contributed by atoms with Crippen LogP contribution in [0.3, 0.4) is 0 Å². The molecule has 2 heterocycles. The van der Waals surface area contributed by atoms with E-state index in [9.17, 15) is 0 Å². The number of hydrogen-bond donors (Lipinski definition) is 0. The van der Waals surface area contributed by atoms with E-state index in [1.807, 2.05) is 34.8 Å². The summed E-state index contributed by atoms with van der Waals surface area (Å²) in [6, 6.07) is 13.2. The Labute approximate surface area is 150 Å². The van der Waals surface area contributed by atoms with Crippen LogP contribution in [0.4, 0.5) is 0 Å². The molecule has 0 atom stereocenters. The predicted molar refractivity (Wildman–Crippen MR) is 112 cm³/mol. The minimum Gasteiger partial charge on any atom is -0.134 e. The highest BCUT2D eigenvalue weighted by Crippen LogP contribution is 2.45. The fourth-order valence-corrected chi connectivity index (χ4v) is 5.94. The maximum absolute atomic E-state index is 3.97. The second kappa shape index (κ2) is 5.73. The maximum atomic E-state index is 3.97. The summed E-state index contributed by atoms with van der Waals surface area (Å²) in [4.78, 5) is 3.93. The molecule has 0 radical (unpaired) electrons. The molecule has 0 aliphatic carbocycles. The first-order chi connectivity index (χ1) is 11.6. The SMILES string of the molecule is C=Cc1sc(-c2sc3cc4ccccc4cc3c2C)c(C)c1C=C. The van der Waals surface area contributed by atoms with E-state index in [0.717, 1.165) is 0 Å². The van der Waals surface area contributed by atoms with Gasteiger partial charge in [-0.1, -0.05) is 49.6 Å². The van der Waals surface area contributed by atoms with Crippen LogP contribution >= 0.6 is 22.7 Å². The average Bonchev–Trinajstić information content (AvgIpc) is 3.09. The fourth-order valence-electron chi connectivity index (χ4n) is 3.29. The minimum atomic E-state index is 1.21. The normalized spacial score (nSPS) is 11.2. The van der Waals surface area contributed by atoms with Crippen molar-refractivity contribution in [3.63, 3.8) is 0 Å². The molecule has 2 aromatic heterocycles. The van der Waals surface area contributed by atoms with Crippen molar-refractivity contribution >= 4 is 55.7 Å². The Hall–Kier alpha value is -2.16. The zero-order chi connectivity index (χ0) is 16.8. The van der Waals surface area contributed by atoms with E-state index in [-0.39, 0.29) is 0 Å². The number of benzene rings is 2. The largest absolute Gasteiger partial charge is 0.134 e. The van der Waals surface area contributed by atoms with Gasteiger partial charge in [0, 0.05) is 19.3 Å². The highest BCUT2D eigenvalue weighted by atomic mass is 32.1. The topological polar surface area (TPSA) is 0 Å². The summed E-state index contributed by atoms with van der Waals surface area (Å²) in [7, 11) is 0. The molecule has 0 amide bonds. The Balaban J connectivity index is 2.02. The molecule has 0 unspecified atom stereocenters.